The number of halogens is 3. The zero-order valence-corrected chi connectivity index (χ0v) is 16.3. The van der Waals surface area contributed by atoms with E-state index >= 15 is 0 Å². The van der Waals surface area contributed by atoms with Gasteiger partial charge in [-0.3, -0.25) is 4.90 Å². The molecule has 0 atom stereocenters. The molecule has 2 heterocycles. The van der Waals surface area contributed by atoms with E-state index in [1.807, 2.05) is 0 Å². The first kappa shape index (κ1) is 22.1. The van der Waals surface area contributed by atoms with Crippen molar-refractivity contribution in [3.8, 4) is 17.0 Å². The monoisotopic (exact) mass is 427 g/mol. The molecule has 0 saturated carbocycles. The lowest BCUT2D eigenvalue weighted by molar-refractivity contribution is -0.274. The molecule has 1 aromatic heterocycles. The predicted molar refractivity (Wildman–Crippen MR) is 105 cm³/mol. The van der Waals surface area contributed by atoms with Crippen LogP contribution in [0.5, 0.6) is 5.75 Å². The Morgan fingerprint density at radius 2 is 1.90 bits per heavy atom. The average Bonchev–Trinajstić information content (AvgIpc) is 2.72. The number of hydrogen-bond acceptors (Lipinski definition) is 8. The summed E-state index contributed by atoms with van der Waals surface area (Å²) in [5, 5.41) is 15.2. The van der Waals surface area contributed by atoms with Gasteiger partial charge in [0.2, 0.25) is 5.95 Å². The number of aliphatic hydroxyl groups is 1. The van der Waals surface area contributed by atoms with Gasteiger partial charge in [0, 0.05) is 44.4 Å². The van der Waals surface area contributed by atoms with Crippen LogP contribution in [0.15, 0.2) is 30.3 Å². The standard InChI is InChI=1S/C19H24F3N5O3/c20-19(21,22)30-15-3-1-2-14(12-15)16-13-17(26-18(25-16)24-5-9-28)23-4-6-27-7-10-29-11-8-27/h1-3,12-13,28H,4-11H2,(H2,23,24,25,26). The number of nitrogens with zero attached hydrogens (tertiary/aromatic N) is 3. The highest BCUT2D eigenvalue weighted by Gasteiger charge is 2.31. The lowest BCUT2D eigenvalue weighted by Gasteiger charge is -2.26. The summed E-state index contributed by atoms with van der Waals surface area (Å²) in [6.45, 7) is 4.73. The van der Waals surface area contributed by atoms with E-state index in [0.29, 0.717) is 36.8 Å². The van der Waals surface area contributed by atoms with Crippen molar-refractivity contribution in [1.82, 2.24) is 14.9 Å². The van der Waals surface area contributed by atoms with Crippen molar-refractivity contribution in [3.63, 3.8) is 0 Å². The molecule has 3 N–H and O–H groups in total. The van der Waals surface area contributed by atoms with Crippen LogP contribution in [0.3, 0.4) is 0 Å². The van der Waals surface area contributed by atoms with Crippen LogP contribution in [0.1, 0.15) is 0 Å². The number of rotatable bonds is 9. The highest BCUT2D eigenvalue weighted by molar-refractivity contribution is 5.65. The van der Waals surface area contributed by atoms with Gasteiger partial charge in [0.1, 0.15) is 11.6 Å². The molecule has 1 fully saturated rings. The van der Waals surface area contributed by atoms with Crippen LogP contribution in [0, 0.1) is 0 Å². The summed E-state index contributed by atoms with van der Waals surface area (Å²) in [5.74, 6) is 0.457. The van der Waals surface area contributed by atoms with E-state index in [1.54, 1.807) is 12.1 Å². The molecule has 3 rings (SSSR count). The summed E-state index contributed by atoms with van der Waals surface area (Å²) in [6, 6.07) is 7.26. The number of benzene rings is 1. The van der Waals surface area contributed by atoms with Crippen molar-refractivity contribution in [2.24, 2.45) is 0 Å². The summed E-state index contributed by atoms with van der Waals surface area (Å²) >= 11 is 0. The van der Waals surface area contributed by atoms with Gasteiger partial charge in [-0.05, 0) is 12.1 Å². The Balaban J connectivity index is 1.75. The molecule has 0 bridgehead atoms. The Bertz CT molecular complexity index is 816. The maximum absolute atomic E-state index is 12.5. The summed E-state index contributed by atoms with van der Waals surface area (Å²) < 4.78 is 46.9. The minimum atomic E-state index is -4.77. The molecule has 1 aliphatic rings. The molecule has 164 valence electrons. The number of alkyl halides is 3. The first-order valence-corrected chi connectivity index (χ1v) is 9.57. The lowest BCUT2D eigenvalue weighted by Crippen LogP contribution is -2.39. The van der Waals surface area contributed by atoms with E-state index in [2.05, 4.69) is 30.2 Å². The first-order chi connectivity index (χ1) is 14.4. The number of anilines is 2. The SMILES string of the molecule is OCCNc1nc(NCCN2CCOCC2)cc(-c2cccc(OC(F)(F)F)c2)n1. The minimum Gasteiger partial charge on any atom is -0.406 e. The summed E-state index contributed by atoms with van der Waals surface area (Å²) in [7, 11) is 0. The molecule has 0 spiro atoms. The second kappa shape index (κ2) is 10.4. The third-order valence-electron chi connectivity index (χ3n) is 4.32. The second-order valence-corrected chi connectivity index (χ2v) is 6.57. The Labute approximate surface area is 172 Å². The number of ether oxygens (including phenoxy) is 2. The molecule has 1 saturated heterocycles. The molecule has 0 unspecified atom stereocenters. The smallest absolute Gasteiger partial charge is 0.406 e. The van der Waals surface area contributed by atoms with E-state index in [-0.39, 0.29) is 24.8 Å². The number of nitrogens with one attached hydrogen (secondary N) is 2. The van der Waals surface area contributed by atoms with Gasteiger partial charge in [-0.2, -0.15) is 4.98 Å². The summed E-state index contributed by atoms with van der Waals surface area (Å²) in [4.78, 5) is 11.0. The van der Waals surface area contributed by atoms with E-state index in [9.17, 15) is 13.2 Å². The van der Waals surface area contributed by atoms with Crippen LogP contribution in [0.2, 0.25) is 0 Å². The molecule has 0 amide bonds. The first-order valence-electron chi connectivity index (χ1n) is 9.57. The van der Waals surface area contributed by atoms with Crippen LogP contribution in [0.4, 0.5) is 24.9 Å². The molecule has 8 nitrogen and oxygen atoms in total. The van der Waals surface area contributed by atoms with E-state index in [4.69, 9.17) is 9.84 Å². The number of morpholine rings is 1. The third-order valence-corrected chi connectivity index (χ3v) is 4.32. The minimum absolute atomic E-state index is 0.109. The largest absolute Gasteiger partial charge is 0.573 e. The lowest BCUT2D eigenvalue weighted by atomic mass is 10.1. The van der Waals surface area contributed by atoms with Gasteiger partial charge in [-0.15, -0.1) is 13.2 Å². The molecular formula is C19H24F3N5O3. The van der Waals surface area contributed by atoms with Crippen LogP contribution < -0.4 is 15.4 Å². The van der Waals surface area contributed by atoms with Gasteiger partial charge in [0.15, 0.2) is 0 Å². The molecule has 30 heavy (non-hydrogen) atoms. The topological polar surface area (TPSA) is 91.8 Å². The fourth-order valence-corrected chi connectivity index (χ4v) is 2.95. The van der Waals surface area contributed by atoms with E-state index in [0.717, 1.165) is 19.6 Å². The molecule has 0 radical (unpaired) electrons. The fourth-order valence-electron chi connectivity index (χ4n) is 2.95. The number of aliphatic hydroxyl groups excluding tert-OH is 1. The molecule has 11 heteroatoms. The van der Waals surface area contributed by atoms with Crippen molar-refractivity contribution < 1.29 is 27.8 Å². The summed E-state index contributed by atoms with van der Waals surface area (Å²) in [6.07, 6.45) is -4.77. The third kappa shape index (κ3) is 7.01. The van der Waals surface area contributed by atoms with Gasteiger partial charge in [0.25, 0.3) is 0 Å². The Kier molecular flexibility index (Phi) is 7.66. The quantitative estimate of drug-likeness (QED) is 0.561. The van der Waals surface area contributed by atoms with Gasteiger partial charge >= 0.3 is 6.36 Å². The molecule has 1 aliphatic heterocycles. The Morgan fingerprint density at radius 3 is 2.63 bits per heavy atom. The fraction of sp³-hybridized carbons (Fsp3) is 0.474. The van der Waals surface area contributed by atoms with Gasteiger partial charge in [-0.1, -0.05) is 12.1 Å². The van der Waals surface area contributed by atoms with Crippen molar-refractivity contribution in [2.75, 3.05) is 63.2 Å². The van der Waals surface area contributed by atoms with Crippen LogP contribution in [-0.4, -0.2) is 78.9 Å². The molecule has 0 aliphatic carbocycles. The van der Waals surface area contributed by atoms with Crippen molar-refractivity contribution in [3.05, 3.63) is 30.3 Å². The van der Waals surface area contributed by atoms with Crippen molar-refractivity contribution in [2.45, 2.75) is 6.36 Å². The zero-order chi connectivity index (χ0) is 21.4. The van der Waals surface area contributed by atoms with Crippen molar-refractivity contribution >= 4 is 11.8 Å². The molecular weight excluding hydrogens is 403 g/mol. The van der Waals surface area contributed by atoms with Crippen LogP contribution >= 0.6 is 0 Å². The zero-order valence-electron chi connectivity index (χ0n) is 16.3. The average molecular weight is 427 g/mol. The van der Waals surface area contributed by atoms with Crippen LogP contribution in [0.25, 0.3) is 11.3 Å². The maximum Gasteiger partial charge on any atom is 0.573 e. The Morgan fingerprint density at radius 1 is 1.10 bits per heavy atom. The van der Waals surface area contributed by atoms with Gasteiger partial charge in [0.05, 0.1) is 25.5 Å². The normalized spacial score (nSPS) is 15.1. The summed E-state index contributed by atoms with van der Waals surface area (Å²) in [5.41, 5.74) is 0.870. The number of hydrogen-bond donors (Lipinski definition) is 3. The highest BCUT2D eigenvalue weighted by atomic mass is 19.4. The second-order valence-electron chi connectivity index (χ2n) is 6.57. The van der Waals surface area contributed by atoms with Gasteiger partial charge < -0.3 is 25.2 Å². The molecule has 2 aromatic rings. The number of aromatic nitrogens is 2. The van der Waals surface area contributed by atoms with Crippen LogP contribution in [-0.2, 0) is 4.74 Å². The highest BCUT2D eigenvalue weighted by Crippen LogP contribution is 2.28. The van der Waals surface area contributed by atoms with Crippen molar-refractivity contribution in [1.29, 1.82) is 0 Å². The van der Waals surface area contributed by atoms with E-state index in [1.165, 1.54) is 18.2 Å². The van der Waals surface area contributed by atoms with Gasteiger partial charge in [-0.25, -0.2) is 4.98 Å². The van der Waals surface area contributed by atoms with E-state index < -0.39 is 6.36 Å². The predicted octanol–water partition coefficient (Wildman–Crippen LogP) is 2.19. The molecule has 1 aromatic carbocycles. The maximum atomic E-state index is 12.5. The Hall–Kier alpha value is -2.63.